The van der Waals surface area contributed by atoms with Crippen molar-refractivity contribution in [3.05, 3.63) is 69.5 Å². The van der Waals surface area contributed by atoms with E-state index in [9.17, 15) is 13.2 Å². The Morgan fingerprint density at radius 2 is 1.65 bits per heavy atom. The fraction of sp³-hybridized carbons (Fsp3) is 0.292. The minimum Gasteiger partial charge on any atom is -0.483 e. The van der Waals surface area contributed by atoms with Crippen LogP contribution in [0, 0.1) is 20.8 Å². The summed E-state index contributed by atoms with van der Waals surface area (Å²) in [5.41, 5.74) is 3.77. The number of nitrogens with one attached hydrogen (secondary N) is 2. The second-order valence-electron chi connectivity index (χ2n) is 8.23. The lowest BCUT2D eigenvalue weighted by molar-refractivity contribution is -0.118. The molecule has 0 aliphatic rings. The molecule has 0 saturated heterocycles. The van der Waals surface area contributed by atoms with Crippen molar-refractivity contribution in [2.24, 2.45) is 0 Å². The zero-order valence-electron chi connectivity index (χ0n) is 19.6. The van der Waals surface area contributed by atoms with Crippen molar-refractivity contribution in [3.8, 4) is 5.75 Å². The van der Waals surface area contributed by atoms with Gasteiger partial charge in [-0.2, -0.15) is 0 Å². The van der Waals surface area contributed by atoms with Crippen molar-refractivity contribution < 1.29 is 17.9 Å². The number of hydrogen-bond donors (Lipinski definition) is 2. The number of carbonyl (C=O) groups excluding carboxylic acids is 1. The van der Waals surface area contributed by atoms with Crippen molar-refractivity contribution in [2.75, 3.05) is 16.6 Å². The van der Waals surface area contributed by atoms with Crippen LogP contribution in [0.15, 0.2) is 51.8 Å². The number of sulfonamides is 1. The highest BCUT2D eigenvalue weighted by atomic mass is 79.9. The minimum atomic E-state index is -3.88. The van der Waals surface area contributed by atoms with E-state index in [1.54, 1.807) is 19.9 Å². The monoisotopic (exact) mass is 546 g/mol. The Bertz CT molecular complexity index is 1290. The van der Waals surface area contributed by atoms with Crippen LogP contribution in [0.2, 0.25) is 0 Å². The van der Waals surface area contributed by atoms with E-state index >= 15 is 0 Å². The Morgan fingerprint density at radius 3 is 2.24 bits per heavy atom. The smallest absolute Gasteiger partial charge is 0.264 e. The summed E-state index contributed by atoms with van der Waals surface area (Å²) in [5, 5.41) is 2.72. The van der Waals surface area contributed by atoms with Crippen LogP contribution in [0.25, 0.3) is 0 Å². The van der Waals surface area contributed by atoms with E-state index in [1.807, 2.05) is 19.1 Å². The summed E-state index contributed by atoms with van der Waals surface area (Å²) in [6.07, 6.45) is 0. The van der Waals surface area contributed by atoms with E-state index < -0.39 is 10.0 Å². The average molecular weight is 547 g/mol. The van der Waals surface area contributed by atoms with Gasteiger partial charge in [0.2, 0.25) is 5.95 Å². The van der Waals surface area contributed by atoms with E-state index in [0.717, 1.165) is 15.6 Å². The molecule has 0 radical (unpaired) electrons. The van der Waals surface area contributed by atoms with Crippen LogP contribution >= 0.6 is 15.9 Å². The zero-order valence-corrected chi connectivity index (χ0v) is 22.0. The Hall–Kier alpha value is -2.98. The zero-order chi connectivity index (χ0) is 25.0. The molecule has 0 aliphatic heterocycles. The first-order valence-electron chi connectivity index (χ1n) is 10.6. The van der Waals surface area contributed by atoms with Gasteiger partial charge in [-0.15, -0.1) is 0 Å². The van der Waals surface area contributed by atoms with Gasteiger partial charge in [0.1, 0.15) is 5.75 Å². The van der Waals surface area contributed by atoms with E-state index in [2.05, 4.69) is 49.8 Å². The lowest BCUT2D eigenvalue weighted by Gasteiger charge is -2.16. The third kappa shape index (κ3) is 6.54. The van der Waals surface area contributed by atoms with Gasteiger partial charge in [-0.1, -0.05) is 29.8 Å². The number of carbonyl (C=O) groups is 1. The summed E-state index contributed by atoms with van der Waals surface area (Å²) in [6, 6.07) is 11.5. The Kier molecular flexibility index (Phi) is 7.93. The third-order valence-electron chi connectivity index (χ3n) is 4.93. The Balaban J connectivity index is 1.64. The summed E-state index contributed by atoms with van der Waals surface area (Å²) < 4.78 is 34.5. The highest BCUT2D eigenvalue weighted by molar-refractivity contribution is 9.10. The van der Waals surface area contributed by atoms with Gasteiger partial charge in [0, 0.05) is 21.5 Å². The molecular weight excluding hydrogens is 520 g/mol. The van der Waals surface area contributed by atoms with Crippen LogP contribution in [0.5, 0.6) is 5.75 Å². The maximum Gasteiger partial charge on any atom is 0.264 e. The summed E-state index contributed by atoms with van der Waals surface area (Å²) in [6.45, 7) is 9.41. The molecular formula is C24H27BrN4O4S. The van der Waals surface area contributed by atoms with Crippen LogP contribution in [-0.2, 0) is 14.8 Å². The van der Waals surface area contributed by atoms with Gasteiger partial charge in [-0.05, 0) is 80.3 Å². The van der Waals surface area contributed by atoms with Crippen LogP contribution in [-0.4, -0.2) is 30.9 Å². The molecule has 0 spiro atoms. The summed E-state index contributed by atoms with van der Waals surface area (Å²) in [7, 11) is -3.88. The van der Waals surface area contributed by atoms with Gasteiger partial charge in [0.15, 0.2) is 6.61 Å². The molecule has 1 amide bonds. The minimum absolute atomic E-state index is 0.0102. The number of nitrogens with zero attached hydrogens (tertiary/aromatic N) is 2. The lowest BCUT2D eigenvalue weighted by atomic mass is 10.0. The molecule has 3 rings (SSSR count). The topological polar surface area (TPSA) is 110 Å². The normalized spacial score (nSPS) is 11.4. The molecule has 8 nitrogen and oxygen atoms in total. The largest absolute Gasteiger partial charge is 0.483 e. The molecule has 1 heterocycles. The number of hydrogen-bond acceptors (Lipinski definition) is 6. The van der Waals surface area contributed by atoms with E-state index in [1.165, 1.54) is 24.3 Å². The number of rotatable bonds is 8. The Labute approximate surface area is 208 Å². The molecule has 10 heteroatoms. The maximum absolute atomic E-state index is 12.7. The van der Waals surface area contributed by atoms with Crippen molar-refractivity contribution >= 4 is 43.5 Å². The fourth-order valence-electron chi connectivity index (χ4n) is 3.26. The molecule has 0 bridgehead atoms. The lowest BCUT2D eigenvalue weighted by Crippen LogP contribution is -2.21. The van der Waals surface area contributed by atoms with Crippen molar-refractivity contribution in [3.63, 3.8) is 0 Å². The van der Waals surface area contributed by atoms with Crippen molar-refractivity contribution in [1.82, 2.24) is 9.97 Å². The van der Waals surface area contributed by atoms with E-state index in [0.29, 0.717) is 22.8 Å². The molecule has 2 aromatic carbocycles. The van der Waals surface area contributed by atoms with E-state index in [-0.39, 0.29) is 29.3 Å². The first-order valence-corrected chi connectivity index (χ1v) is 12.9. The quantitative estimate of drug-likeness (QED) is 0.406. The fourth-order valence-corrected chi connectivity index (χ4v) is 4.56. The van der Waals surface area contributed by atoms with Gasteiger partial charge >= 0.3 is 0 Å². The number of ether oxygens (including phenoxy) is 1. The molecule has 3 aromatic rings. The first-order chi connectivity index (χ1) is 15.9. The average Bonchev–Trinajstić information content (AvgIpc) is 2.73. The second-order valence-corrected chi connectivity index (χ2v) is 10.8. The van der Waals surface area contributed by atoms with Crippen LogP contribution in [0.4, 0.5) is 11.6 Å². The molecule has 0 aliphatic carbocycles. The highest BCUT2D eigenvalue weighted by Gasteiger charge is 2.17. The maximum atomic E-state index is 12.7. The van der Waals surface area contributed by atoms with Crippen LogP contribution in [0.1, 0.15) is 42.3 Å². The van der Waals surface area contributed by atoms with Crippen molar-refractivity contribution in [2.45, 2.75) is 45.4 Å². The third-order valence-corrected chi connectivity index (χ3v) is 7.13. The highest BCUT2D eigenvalue weighted by Crippen LogP contribution is 2.32. The predicted molar refractivity (Wildman–Crippen MR) is 136 cm³/mol. The van der Waals surface area contributed by atoms with Crippen LogP contribution < -0.4 is 14.8 Å². The van der Waals surface area contributed by atoms with Gasteiger partial charge in [0.05, 0.1) is 4.90 Å². The Morgan fingerprint density at radius 1 is 1.03 bits per heavy atom. The molecule has 34 heavy (non-hydrogen) atoms. The second kappa shape index (κ2) is 10.5. The van der Waals surface area contributed by atoms with Gasteiger partial charge in [-0.3, -0.25) is 4.79 Å². The molecule has 0 unspecified atom stereocenters. The van der Waals surface area contributed by atoms with Crippen molar-refractivity contribution in [1.29, 1.82) is 0 Å². The van der Waals surface area contributed by atoms with E-state index in [4.69, 9.17) is 4.74 Å². The number of halogens is 1. The van der Waals surface area contributed by atoms with Gasteiger partial charge in [-0.25, -0.2) is 23.1 Å². The number of aryl methyl sites for hydroxylation is 3. The first kappa shape index (κ1) is 25.6. The molecule has 1 aromatic heterocycles. The predicted octanol–water partition coefficient (Wildman–Crippen LogP) is 5.11. The number of amides is 1. The number of anilines is 2. The number of benzene rings is 2. The summed E-state index contributed by atoms with van der Waals surface area (Å²) in [5.74, 6) is 0.544. The van der Waals surface area contributed by atoms with Crippen LogP contribution in [0.3, 0.4) is 0 Å². The summed E-state index contributed by atoms with van der Waals surface area (Å²) >= 11 is 3.53. The number of aromatic nitrogens is 2. The molecule has 0 fully saturated rings. The standard InChI is InChI=1S/C24H27BrN4O4S/c1-14(2)20-12-21(25)15(3)10-22(20)33-13-23(30)28-18-6-8-19(9-7-18)34(31,32)29-24-26-16(4)11-17(5)27-24/h6-12,14H,13H2,1-5H3,(H,28,30)(H,26,27,29). The molecule has 0 saturated carbocycles. The summed E-state index contributed by atoms with van der Waals surface area (Å²) in [4.78, 5) is 20.6. The molecule has 2 N–H and O–H groups in total. The molecule has 0 atom stereocenters. The van der Waals surface area contributed by atoms with Gasteiger partial charge in [0.25, 0.3) is 15.9 Å². The SMILES string of the molecule is Cc1cc(C)nc(NS(=O)(=O)c2ccc(NC(=O)COc3cc(C)c(Br)cc3C(C)C)cc2)n1. The van der Waals surface area contributed by atoms with Gasteiger partial charge < -0.3 is 10.1 Å². The molecule has 180 valence electrons.